The summed E-state index contributed by atoms with van der Waals surface area (Å²) < 4.78 is 0. The summed E-state index contributed by atoms with van der Waals surface area (Å²) in [6, 6.07) is 13.0. The van der Waals surface area contributed by atoms with Crippen LogP contribution < -0.4 is 15.5 Å². The minimum Gasteiger partial charge on any atom is -0.362 e. The van der Waals surface area contributed by atoms with Gasteiger partial charge in [-0.2, -0.15) is 0 Å². The van der Waals surface area contributed by atoms with Crippen molar-refractivity contribution in [1.29, 1.82) is 0 Å². The Bertz CT molecular complexity index is 591. The lowest BCUT2D eigenvalue weighted by atomic mass is 10.0. The van der Waals surface area contributed by atoms with E-state index in [1.807, 2.05) is 0 Å². The maximum atomic E-state index is 5.48. The molecule has 0 unspecified atom stereocenters. The fourth-order valence-electron chi connectivity index (χ4n) is 2.36. The predicted molar refractivity (Wildman–Crippen MR) is 103 cm³/mol. The van der Waals surface area contributed by atoms with Gasteiger partial charge in [-0.05, 0) is 36.2 Å². The molecule has 1 aromatic carbocycles. The standard InChI is InChI=1S/C18H25N3S2/c1-14-7-9-15(10-8-14)17(16-6-4-13-23-16)20-18(22)19-11-5-12-21(2)3/h4,6-10,13,17H,5,11-12H2,1-3H3,(H2,19,20,22)/p+1/t17-/m1/s1. The van der Waals surface area contributed by atoms with E-state index in [0.29, 0.717) is 0 Å². The van der Waals surface area contributed by atoms with E-state index in [1.165, 1.54) is 20.9 Å². The first kappa shape index (κ1) is 17.9. The molecule has 2 aromatic rings. The zero-order chi connectivity index (χ0) is 16.7. The Morgan fingerprint density at radius 1 is 1.22 bits per heavy atom. The number of quaternary nitrogens is 1. The van der Waals surface area contributed by atoms with Crippen LogP contribution in [0.2, 0.25) is 0 Å². The van der Waals surface area contributed by atoms with Gasteiger partial charge in [-0.1, -0.05) is 35.9 Å². The molecule has 0 amide bonds. The van der Waals surface area contributed by atoms with Crippen molar-refractivity contribution in [2.75, 3.05) is 27.2 Å². The second kappa shape index (κ2) is 9.01. The van der Waals surface area contributed by atoms with E-state index >= 15 is 0 Å². The largest absolute Gasteiger partial charge is 0.362 e. The number of thiocarbonyl (C=S) groups is 1. The van der Waals surface area contributed by atoms with Crippen LogP contribution >= 0.6 is 23.6 Å². The first-order valence-electron chi connectivity index (χ1n) is 7.99. The molecule has 1 aromatic heterocycles. The SMILES string of the molecule is Cc1ccc([C@@H](NC(=S)NCCC[NH+](C)C)c2cccs2)cc1. The molecule has 2 rings (SSSR count). The van der Waals surface area contributed by atoms with Gasteiger partial charge in [0.05, 0.1) is 26.7 Å². The summed E-state index contributed by atoms with van der Waals surface area (Å²) >= 11 is 7.24. The lowest BCUT2D eigenvalue weighted by Gasteiger charge is -2.21. The maximum absolute atomic E-state index is 5.48. The molecule has 0 saturated heterocycles. The average molecular weight is 349 g/mol. The number of nitrogens with one attached hydrogen (secondary N) is 3. The van der Waals surface area contributed by atoms with E-state index < -0.39 is 0 Å². The van der Waals surface area contributed by atoms with Gasteiger partial charge in [-0.15, -0.1) is 11.3 Å². The van der Waals surface area contributed by atoms with Crippen molar-refractivity contribution in [3.8, 4) is 0 Å². The summed E-state index contributed by atoms with van der Waals surface area (Å²) in [5, 5.41) is 9.62. The van der Waals surface area contributed by atoms with Gasteiger partial charge in [-0.25, -0.2) is 0 Å². The molecule has 23 heavy (non-hydrogen) atoms. The average Bonchev–Trinajstić information content (AvgIpc) is 3.04. The van der Waals surface area contributed by atoms with Crippen molar-refractivity contribution in [2.45, 2.75) is 19.4 Å². The van der Waals surface area contributed by atoms with Crippen LogP contribution in [0.15, 0.2) is 41.8 Å². The lowest BCUT2D eigenvalue weighted by molar-refractivity contribution is -0.858. The highest BCUT2D eigenvalue weighted by molar-refractivity contribution is 7.80. The topological polar surface area (TPSA) is 28.5 Å². The van der Waals surface area contributed by atoms with Crippen LogP contribution in [-0.4, -0.2) is 32.3 Å². The third kappa shape index (κ3) is 5.94. The first-order valence-corrected chi connectivity index (χ1v) is 9.28. The van der Waals surface area contributed by atoms with Crippen LogP contribution in [-0.2, 0) is 0 Å². The zero-order valence-corrected chi connectivity index (χ0v) is 15.7. The highest BCUT2D eigenvalue weighted by Crippen LogP contribution is 2.26. The van der Waals surface area contributed by atoms with Crippen molar-refractivity contribution < 1.29 is 4.90 Å². The van der Waals surface area contributed by atoms with Gasteiger partial charge >= 0.3 is 0 Å². The molecule has 5 heteroatoms. The van der Waals surface area contributed by atoms with E-state index in [1.54, 1.807) is 11.3 Å². The van der Waals surface area contributed by atoms with E-state index in [4.69, 9.17) is 12.2 Å². The minimum absolute atomic E-state index is 0.107. The smallest absolute Gasteiger partial charge is 0.167 e. The monoisotopic (exact) mass is 348 g/mol. The predicted octanol–water partition coefficient (Wildman–Crippen LogP) is 2.14. The Balaban J connectivity index is 1.98. The molecule has 0 radical (unpaired) electrons. The van der Waals surface area contributed by atoms with Crippen LogP contribution in [0, 0.1) is 6.92 Å². The molecule has 0 aliphatic carbocycles. The molecule has 0 saturated carbocycles. The van der Waals surface area contributed by atoms with E-state index in [0.717, 1.165) is 24.6 Å². The van der Waals surface area contributed by atoms with Gasteiger partial charge in [0.2, 0.25) is 0 Å². The van der Waals surface area contributed by atoms with Crippen molar-refractivity contribution in [3.05, 3.63) is 57.8 Å². The van der Waals surface area contributed by atoms with Crippen LogP contribution in [0.25, 0.3) is 0 Å². The van der Waals surface area contributed by atoms with Gasteiger partial charge in [-0.3, -0.25) is 0 Å². The molecule has 0 aliphatic rings. The molecule has 1 heterocycles. The van der Waals surface area contributed by atoms with Crippen LogP contribution in [0.5, 0.6) is 0 Å². The van der Waals surface area contributed by atoms with E-state index in [9.17, 15) is 0 Å². The molecule has 1 atom stereocenters. The van der Waals surface area contributed by atoms with Crippen molar-refractivity contribution in [1.82, 2.24) is 10.6 Å². The highest BCUT2D eigenvalue weighted by Gasteiger charge is 2.16. The van der Waals surface area contributed by atoms with E-state index in [-0.39, 0.29) is 6.04 Å². The Morgan fingerprint density at radius 3 is 2.57 bits per heavy atom. The number of aryl methyl sites for hydroxylation is 1. The molecule has 0 fully saturated rings. The molecule has 0 spiro atoms. The first-order chi connectivity index (χ1) is 11.1. The normalized spacial score (nSPS) is 12.2. The maximum Gasteiger partial charge on any atom is 0.167 e. The summed E-state index contributed by atoms with van der Waals surface area (Å²) in [7, 11) is 4.33. The second-order valence-electron chi connectivity index (χ2n) is 6.07. The molecule has 3 N–H and O–H groups in total. The minimum atomic E-state index is 0.107. The molecule has 0 bridgehead atoms. The van der Waals surface area contributed by atoms with Crippen LogP contribution in [0.4, 0.5) is 0 Å². The van der Waals surface area contributed by atoms with E-state index in [2.05, 4.69) is 73.4 Å². The summed E-state index contributed by atoms with van der Waals surface area (Å²) in [4.78, 5) is 2.73. The van der Waals surface area contributed by atoms with Crippen LogP contribution in [0.3, 0.4) is 0 Å². The van der Waals surface area contributed by atoms with Crippen molar-refractivity contribution in [2.24, 2.45) is 0 Å². The Labute approximate surface area is 148 Å². The van der Waals surface area contributed by atoms with Gasteiger partial charge in [0.25, 0.3) is 0 Å². The fourth-order valence-corrected chi connectivity index (χ4v) is 3.38. The summed E-state index contributed by atoms with van der Waals surface area (Å²) in [5.41, 5.74) is 2.51. The van der Waals surface area contributed by atoms with Crippen LogP contribution in [0.1, 0.15) is 28.5 Å². The summed E-state index contributed by atoms with van der Waals surface area (Å²) in [6.07, 6.45) is 1.11. The third-order valence-electron chi connectivity index (χ3n) is 3.65. The Kier molecular flexibility index (Phi) is 7.02. The molecule has 124 valence electrons. The number of rotatable bonds is 7. The summed E-state index contributed by atoms with van der Waals surface area (Å²) in [6.45, 7) is 4.15. The van der Waals surface area contributed by atoms with Gasteiger partial charge in [0.1, 0.15) is 0 Å². The van der Waals surface area contributed by atoms with Crippen molar-refractivity contribution in [3.63, 3.8) is 0 Å². The Morgan fingerprint density at radius 2 is 1.96 bits per heavy atom. The lowest BCUT2D eigenvalue weighted by Crippen LogP contribution is -3.05. The zero-order valence-electron chi connectivity index (χ0n) is 14.1. The van der Waals surface area contributed by atoms with Crippen molar-refractivity contribution >= 4 is 28.7 Å². The second-order valence-corrected chi connectivity index (χ2v) is 7.46. The van der Waals surface area contributed by atoms with Gasteiger partial charge in [0, 0.05) is 17.8 Å². The van der Waals surface area contributed by atoms with Gasteiger partial charge < -0.3 is 15.5 Å². The highest BCUT2D eigenvalue weighted by atomic mass is 32.1. The number of benzene rings is 1. The molecule has 3 nitrogen and oxygen atoms in total. The summed E-state index contributed by atoms with van der Waals surface area (Å²) in [5.74, 6) is 0. The Hall–Kier alpha value is -1.43. The molecular formula is C18H26N3S2+. The van der Waals surface area contributed by atoms with Gasteiger partial charge in [0.15, 0.2) is 5.11 Å². The third-order valence-corrected chi connectivity index (χ3v) is 4.85. The number of hydrogen-bond donors (Lipinski definition) is 3. The molecule has 0 aliphatic heterocycles. The molecular weight excluding hydrogens is 322 g/mol. The number of hydrogen-bond acceptors (Lipinski definition) is 2. The fraction of sp³-hybridized carbons (Fsp3) is 0.389. The number of thiophene rings is 1. The quantitative estimate of drug-likeness (QED) is 0.529.